The molecule has 0 radical (unpaired) electrons. The minimum Gasteiger partial charge on any atom is -0.493 e. The van der Waals surface area contributed by atoms with Gasteiger partial charge >= 0.3 is 0 Å². The molecule has 0 bridgehead atoms. The summed E-state index contributed by atoms with van der Waals surface area (Å²) in [5.41, 5.74) is 2.13. The Balaban J connectivity index is 1.69. The number of para-hydroxylation sites is 1. The molecule has 0 spiro atoms. The van der Waals surface area contributed by atoms with Crippen molar-refractivity contribution < 1.29 is 17.5 Å². The summed E-state index contributed by atoms with van der Waals surface area (Å²) in [6.45, 7) is 4.05. The van der Waals surface area contributed by atoms with Crippen LogP contribution >= 0.6 is 0 Å². The maximum absolute atomic E-state index is 13.8. The molecule has 8 heteroatoms. The van der Waals surface area contributed by atoms with E-state index in [1.54, 1.807) is 0 Å². The lowest BCUT2D eigenvalue weighted by Gasteiger charge is -2.15. The van der Waals surface area contributed by atoms with E-state index < -0.39 is 15.7 Å². The normalized spacial score (nSPS) is 14.4. The van der Waals surface area contributed by atoms with Crippen molar-refractivity contribution in [1.82, 2.24) is 10.6 Å². The second kappa shape index (κ2) is 10.6. The molecule has 0 aromatic heterocycles. The highest BCUT2D eigenvalue weighted by Crippen LogP contribution is 2.30. The third-order valence-corrected chi connectivity index (χ3v) is 5.76. The molecule has 0 heterocycles. The first-order valence-electron chi connectivity index (χ1n) is 10.5. The summed E-state index contributed by atoms with van der Waals surface area (Å²) in [7, 11) is -3.24. The Hall–Kier alpha value is -2.61. The van der Waals surface area contributed by atoms with E-state index >= 15 is 0 Å². The predicted molar refractivity (Wildman–Crippen MR) is 121 cm³/mol. The monoisotopic (exact) mass is 447 g/mol. The van der Waals surface area contributed by atoms with Crippen LogP contribution in [0.4, 0.5) is 4.39 Å². The van der Waals surface area contributed by atoms with Gasteiger partial charge in [0.1, 0.15) is 11.6 Å². The van der Waals surface area contributed by atoms with Gasteiger partial charge in [-0.25, -0.2) is 17.8 Å². The average Bonchev–Trinajstić information content (AvgIpc) is 3.54. The van der Waals surface area contributed by atoms with Crippen molar-refractivity contribution in [2.75, 3.05) is 19.4 Å². The van der Waals surface area contributed by atoms with Crippen molar-refractivity contribution in [1.29, 1.82) is 0 Å². The third-order valence-electron chi connectivity index (χ3n) is 4.93. The van der Waals surface area contributed by atoms with E-state index in [1.165, 1.54) is 31.0 Å². The van der Waals surface area contributed by atoms with Crippen molar-refractivity contribution >= 4 is 15.8 Å². The summed E-state index contributed by atoms with van der Waals surface area (Å²) in [5, 5.41) is 6.45. The van der Waals surface area contributed by atoms with E-state index in [1.807, 2.05) is 31.2 Å². The maximum atomic E-state index is 13.8. The Labute approximate surface area is 183 Å². The van der Waals surface area contributed by atoms with Crippen molar-refractivity contribution in [2.45, 2.75) is 38.6 Å². The number of nitrogens with one attached hydrogen (secondary N) is 2. The average molecular weight is 448 g/mol. The van der Waals surface area contributed by atoms with E-state index in [2.05, 4.69) is 15.6 Å². The molecule has 0 aliphatic heterocycles. The molecule has 2 N–H and O–H groups in total. The molecular formula is C23H30FN3O3S. The Morgan fingerprint density at radius 3 is 2.61 bits per heavy atom. The number of hydrogen-bond acceptors (Lipinski definition) is 4. The lowest BCUT2D eigenvalue weighted by atomic mass is 10.1. The van der Waals surface area contributed by atoms with Gasteiger partial charge in [0.2, 0.25) is 0 Å². The van der Waals surface area contributed by atoms with E-state index in [0.29, 0.717) is 36.1 Å². The SMILES string of the molecule is CCNC(=NCc1cc(F)ccc1CS(C)(=O)=O)NCc1ccccc1OCC1CC1. The minimum absolute atomic E-state index is 0.145. The minimum atomic E-state index is -3.24. The third kappa shape index (κ3) is 7.86. The molecule has 1 aliphatic rings. The first-order valence-corrected chi connectivity index (χ1v) is 12.6. The summed E-state index contributed by atoms with van der Waals surface area (Å²) in [6, 6.07) is 12.0. The van der Waals surface area contributed by atoms with Gasteiger partial charge in [0.05, 0.1) is 18.9 Å². The zero-order valence-electron chi connectivity index (χ0n) is 18.0. The fourth-order valence-corrected chi connectivity index (χ4v) is 3.98. The Morgan fingerprint density at radius 1 is 1.13 bits per heavy atom. The van der Waals surface area contributed by atoms with E-state index in [4.69, 9.17) is 4.74 Å². The number of rotatable bonds is 10. The second-order valence-corrected chi connectivity index (χ2v) is 10.0. The van der Waals surface area contributed by atoms with Gasteiger partial charge < -0.3 is 15.4 Å². The van der Waals surface area contributed by atoms with Crippen LogP contribution in [0.2, 0.25) is 0 Å². The van der Waals surface area contributed by atoms with Crippen molar-refractivity contribution in [3.63, 3.8) is 0 Å². The number of benzene rings is 2. The molecule has 0 amide bonds. The van der Waals surface area contributed by atoms with Crippen LogP contribution in [0.25, 0.3) is 0 Å². The lowest BCUT2D eigenvalue weighted by molar-refractivity contribution is 0.296. The van der Waals surface area contributed by atoms with Gasteiger partial charge in [0.15, 0.2) is 15.8 Å². The quantitative estimate of drug-likeness (QED) is 0.431. The lowest BCUT2D eigenvalue weighted by Crippen LogP contribution is -2.36. The number of aliphatic imine (C=N–C) groups is 1. The largest absolute Gasteiger partial charge is 0.493 e. The Bertz CT molecular complexity index is 1020. The van der Waals surface area contributed by atoms with Crippen LogP contribution in [-0.2, 0) is 28.7 Å². The summed E-state index contributed by atoms with van der Waals surface area (Å²) >= 11 is 0. The van der Waals surface area contributed by atoms with Crippen LogP contribution in [0.3, 0.4) is 0 Å². The number of hydrogen-bond donors (Lipinski definition) is 2. The molecule has 2 aromatic rings. The first kappa shape index (κ1) is 23.1. The van der Waals surface area contributed by atoms with E-state index in [0.717, 1.165) is 24.2 Å². The number of guanidine groups is 1. The first-order chi connectivity index (χ1) is 14.8. The van der Waals surface area contributed by atoms with Gasteiger partial charge in [-0.15, -0.1) is 0 Å². The van der Waals surface area contributed by atoms with Crippen LogP contribution < -0.4 is 15.4 Å². The van der Waals surface area contributed by atoms with Crippen LogP contribution in [0.5, 0.6) is 5.75 Å². The summed E-state index contributed by atoms with van der Waals surface area (Å²) in [4.78, 5) is 4.54. The second-order valence-electron chi connectivity index (χ2n) is 7.89. The predicted octanol–water partition coefficient (Wildman–Crippen LogP) is 3.41. The summed E-state index contributed by atoms with van der Waals surface area (Å²) in [5.74, 6) is 1.54. The maximum Gasteiger partial charge on any atom is 0.191 e. The van der Waals surface area contributed by atoms with Gasteiger partial charge in [-0.3, -0.25) is 0 Å². The molecule has 6 nitrogen and oxygen atoms in total. The zero-order chi connectivity index (χ0) is 22.3. The van der Waals surface area contributed by atoms with Crippen LogP contribution in [0, 0.1) is 11.7 Å². The fraction of sp³-hybridized carbons (Fsp3) is 0.435. The topological polar surface area (TPSA) is 79.8 Å². The van der Waals surface area contributed by atoms with Gasteiger partial charge in [-0.1, -0.05) is 24.3 Å². The van der Waals surface area contributed by atoms with Gasteiger partial charge in [-0.2, -0.15) is 0 Å². The molecule has 3 rings (SSSR count). The highest BCUT2D eigenvalue weighted by Gasteiger charge is 2.22. The molecule has 0 unspecified atom stereocenters. The molecule has 1 saturated carbocycles. The molecule has 1 fully saturated rings. The number of nitrogens with zero attached hydrogens (tertiary/aromatic N) is 1. The zero-order valence-corrected chi connectivity index (χ0v) is 18.8. The molecule has 2 aromatic carbocycles. The number of ether oxygens (including phenoxy) is 1. The smallest absolute Gasteiger partial charge is 0.191 e. The van der Waals surface area contributed by atoms with Crippen molar-refractivity contribution in [2.24, 2.45) is 10.9 Å². The molecule has 0 saturated heterocycles. The van der Waals surface area contributed by atoms with E-state index in [9.17, 15) is 12.8 Å². The Morgan fingerprint density at radius 2 is 1.90 bits per heavy atom. The molecule has 168 valence electrons. The summed E-state index contributed by atoms with van der Waals surface area (Å²) < 4.78 is 43.1. The summed E-state index contributed by atoms with van der Waals surface area (Å²) in [6.07, 6.45) is 3.63. The van der Waals surface area contributed by atoms with Gasteiger partial charge in [0.25, 0.3) is 0 Å². The van der Waals surface area contributed by atoms with Crippen molar-refractivity contribution in [3.05, 3.63) is 65.0 Å². The molecule has 1 aliphatic carbocycles. The highest BCUT2D eigenvalue weighted by atomic mass is 32.2. The Kier molecular flexibility index (Phi) is 7.90. The van der Waals surface area contributed by atoms with Crippen LogP contribution in [-0.4, -0.2) is 33.8 Å². The molecule has 0 atom stereocenters. The number of halogens is 1. The van der Waals surface area contributed by atoms with Gasteiger partial charge in [-0.05, 0) is 55.0 Å². The standard InChI is InChI=1S/C23H30FN3O3S/c1-3-25-23(26-13-18-6-4-5-7-22(18)30-15-17-8-9-17)27-14-20-12-21(24)11-10-19(20)16-31(2,28)29/h4-7,10-12,17H,3,8-9,13-16H2,1-2H3,(H2,25,26,27). The molecule has 31 heavy (non-hydrogen) atoms. The fourth-order valence-electron chi connectivity index (χ4n) is 3.13. The van der Waals surface area contributed by atoms with Crippen molar-refractivity contribution in [3.8, 4) is 5.75 Å². The van der Waals surface area contributed by atoms with Gasteiger partial charge in [0, 0.05) is 24.9 Å². The van der Waals surface area contributed by atoms with Crippen LogP contribution in [0.1, 0.15) is 36.5 Å². The molecular weight excluding hydrogens is 417 g/mol. The highest BCUT2D eigenvalue weighted by molar-refractivity contribution is 7.89. The van der Waals surface area contributed by atoms with E-state index in [-0.39, 0.29) is 12.3 Å². The number of sulfone groups is 1. The van der Waals surface area contributed by atoms with Crippen LogP contribution in [0.15, 0.2) is 47.5 Å².